The van der Waals surface area contributed by atoms with Crippen LogP contribution in [0.4, 0.5) is 0 Å². The minimum atomic E-state index is -1.15. The molecule has 2 aromatic rings. The van der Waals surface area contributed by atoms with Crippen LogP contribution in [0.15, 0.2) is 65.2 Å². The number of nitrogens with one attached hydrogen (secondary N) is 1. The molecule has 2 N–H and O–H groups in total. The quantitative estimate of drug-likeness (QED) is 0.377. The van der Waals surface area contributed by atoms with E-state index in [1.54, 1.807) is 18.5 Å². The molecule has 4 rings (SSSR count). The lowest BCUT2D eigenvalue weighted by molar-refractivity contribution is -0.150. The molecule has 1 fully saturated rings. The number of rotatable bonds is 7. The molecule has 0 spiro atoms. The van der Waals surface area contributed by atoms with Crippen LogP contribution in [0, 0.1) is 0 Å². The number of aliphatic carboxylic acids is 1. The molecule has 0 unspecified atom stereocenters. The Bertz CT molecular complexity index is 1000. The molecule has 30 heavy (non-hydrogen) atoms. The van der Waals surface area contributed by atoms with E-state index in [9.17, 15) is 19.5 Å². The monoisotopic (exact) mass is 442 g/mol. The molecule has 2 atom stereocenters. The second-order valence-corrected chi connectivity index (χ2v) is 8.74. The Hall–Kier alpha value is -2.85. The number of thioether (sulfide) groups is 2. The highest BCUT2D eigenvalue weighted by Gasteiger charge is 2.54. The molecule has 2 aliphatic heterocycles. The van der Waals surface area contributed by atoms with Crippen LogP contribution in [-0.2, 0) is 20.8 Å². The number of fused-ring (bicyclic) bond motifs is 1. The summed E-state index contributed by atoms with van der Waals surface area (Å²) in [7, 11) is 0. The zero-order chi connectivity index (χ0) is 21.1. The summed E-state index contributed by atoms with van der Waals surface area (Å²) in [6.45, 7) is 0. The molecule has 3 heterocycles. The van der Waals surface area contributed by atoms with Gasteiger partial charge in [0.15, 0.2) is 5.16 Å². The van der Waals surface area contributed by atoms with Gasteiger partial charge in [-0.05, 0) is 17.2 Å². The average Bonchev–Trinajstić information content (AvgIpc) is 2.76. The summed E-state index contributed by atoms with van der Waals surface area (Å²) in [6.07, 6.45) is 3.41. The number of hydrogen-bond acceptors (Lipinski definition) is 7. The second-order valence-electron chi connectivity index (χ2n) is 6.69. The number of hydrogen-bond donors (Lipinski definition) is 2. The van der Waals surface area contributed by atoms with Crippen LogP contribution in [-0.4, -0.2) is 60.7 Å². The van der Waals surface area contributed by atoms with Crippen LogP contribution in [0.1, 0.15) is 5.56 Å². The lowest BCUT2D eigenvalue weighted by atomic mass is 10.0. The summed E-state index contributed by atoms with van der Waals surface area (Å²) >= 11 is 2.78. The number of carboxylic acid groups (broad SMARTS) is 1. The molecule has 10 heteroatoms. The molecule has 154 valence electrons. The van der Waals surface area contributed by atoms with Crippen molar-refractivity contribution in [3.8, 4) is 0 Å². The molecule has 1 saturated heterocycles. The van der Waals surface area contributed by atoms with Crippen molar-refractivity contribution in [1.29, 1.82) is 0 Å². The Morgan fingerprint density at radius 2 is 1.93 bits per heavy atom. The Balaban J connectivity index is 1.43. The van der Waals surface area contributed by atoms with Gasteiger partial charge in [0.25, 0.3) is 5.91 Å². The summed E-state index contributed by atoms with van der Waals surface area (Å²) in [6, 6.07) is 10.2. The van der Waals surface area contributed by atoms with Crippen molar-refractivity contribution in [2.24, 2.45) is 0 Å². The fourth-order valence-electron chi connectivity index (χ4n) is 3.31. The van der Waals surface area contributed by atoms with E-state index in [2.05, 4.69) is 15.3 Å². The summed E-state index contributed by atoms with van der Waals surface area (Å²) in [5.74, 6) is -0.971. The molecule has 1 aromatic heterocycles. The molecular weight excluding hydrogens is 424 g/mol. The van der Waals surface area contributed by atoms with Crippen LogP contribution in [0.2, 0.25) is 0 Å². The third-order valence-corrected chi connectivity index (χ3v) is 6.99. The predicted molar refractivity (Wildman–Crippen MR) is 113 cm³/mol. The minimum Gasteiger partial charge on any atom is -0.477 e. The van der Waals surface area contributed by atoms with Crippen molar-refractivity contribution in [2.45, 2.75) is 23.0 Å². The summed E-state index contributed by atoms with van der Waals surface area (Å²) in [5, 5.41) is 12.6. The number of carbonyl (C=O) groups is 3. The maximum atomic E-state index is 12.7. The second kappa shape index (κ2) is 8.88. The maximum Gasteiger partial charge on any atom is 0.352 e. The predicted octanol–water partition coefficient (Wildman–Crippen LogP) is 1.55. The Kier molecular flexibility index (Phi) is 6.05. The van der Waals surface area contributed by atoms with E-state index in [1.807, 2.05) is 30.3 Å². The van der Waals surface area contributed by atoms with Crippen molar-refractivity contribution in [1.82, 2.24) is 20.2 Å². The molecule has 1 aromatic carbocycles. The van der Waals surface area contributed by atoms with Crippen LogP contribution in [0.3, 0.4) is 0 Å². The van der Waals surface area contributed by atoms with Gasteiger partial charge >= 0.3 is 5.97 Å². The number of amides is 2. The summed E-state index contributed by atoms with van der Waals surface area (Å²) < 4.78 is 0. The van der Waals surface area contributed by atoms with E-state index >= 15 is 0 Å². The van der Waals surface area contributed by atoms with Crippen LogP contribution in [0.25, 0.3) is 0 Å². The largest absolute Gasteiger partial charge is 0.477 e. The minimum absolute atomic E-state index is 0.000685. The average molecular weight is 443 g/mol. The fraction of sp³-hybridized carbons (Fsp3) is 0.250. The van der Waals surface area contributed by atoms with Gasteiger partial charge in [0.1, 0.15) is 17.1 Å². The van der Waals surface area contributed by atoms with Crippen LogP contribution in [0.5, 0.6) is 0 Å². The van der Waals surface area contributed by atoms with Gasteiger partial charge in [-0.1, -0.05) is 42.1 Å². The van der Waals surface area contributed by atoms with Crippen molar-refractivity contribution < 1.29 is 19.5 Å². The standard InChI is InChI=1S/C20H18N4O4S2/c25-14(9-12-5-2-1-3-6-12)23-15-17(26)24-16(19(27)28)13(10-29-18(15)24)11-30-20-21-7-4-8-22-20/h1-8,15,18H,9-11H2,(H,23,25)(H,27,28)/t15-,18-/m1/s1. The van der Waals surface area contributed by atoms with Crippen LogP contribution < -0.4 is 5.32 Å². The smallest absolute Gasteiger partial charge is 0.352 e. The number of nitrogens with zero attached hydrogens (tertiary/aromatic N) is 3. The van der Waals surface area contributed by atoms with E-state index < -0.39 is 23.3 Å². The zero-order valence-corrected chi connectivity index (χ0v) is 17.4. The van der Waals surface area contributed by atoms with Gasteiger partial charge in [0, 0.05) is 23.9 Å². The number of benzene rings is 1. The lowest BCUT2D eigenvalue weighted by Gasteiger charge is -2.49. The molecule has 2 aliphatic rings. The third kappa shape index (κ3) is 4.19. The van der Waals surface area contributed by atoms with Gasteiger partial charge in [0.2, 0.25) is 5.91 Å². The number of β-lactam (4-membered cyclic amide) rings is 1. The van der Waals surface area contributed by atoms with E-state index in [-0.39, 0.29) is 18.0 Å². The van der Waals surface area contributed by atoms with Crippen molar-refractivity contribution in [2.75, 3.05) is 11.5 Å². The van der Waals surface area contributed by atoms with Gasteiger partial charge in [0.05, 0.1) is 6.42 Å². The number of carboxylic acids is 1. The number of aromatic nitrogens is 2. The van der Waals surface area contributed by atoms with E-state index in [0.717, 1.165) is 5.56 Å². The first-order valence-corrected chi connectivity index (χ1v) is 11.2. The first kappa shape index (κ1) is 20.4. The normalized spacial score (nSPS) is 20.4. The highest BCUT2D eigenvalue weighted by atomic mass is 32.2. The molecule has 0 aliphatic carbocycles. The lowest BCUT2D eigenvalue weighted by Crippen LogP contribution is -2.70. The molecular formula is C20H18N4O4S2. The Morgan fingerprint density at radius 1 is 1.20 bits per heavy atom. The zero-order valence-electron chi connectivity index (χ0n) is 15.7. The highest BCUT2D eigenvalue weighted by Crippen LogP contribution is 2.41. The van der Waals surface area contributed by atoms with E-state index in [0.29, 0.717) is 22.2 Å². The third-order valence-electron chi connectivity index (χ3n) is 4.69. The summed E-state index contributed by atoms with van der Waals surface area (Å²) in [5.41, 5.74) is 1.49. The first-order chi connectivity index (χ1) is 14.5. The van der Waals surface area contributed by atoms with E-state index in [4.69, 9.17) is 0 Å². The molecule has 0 bridgehead atoms. The fourth-order valence-corrected chi connectivity index (χ4v) is 5.60. The Labute approximate surface area is 181 Å². The summed E-state index contributed by atoms with van der Waals surface area (Å²) in [4.78, 5) is 46.4. The number of carbonyl (C=O) groups excluding carboxylic acids is 2. The van der Waals surface area contributed by atoms with Crippen molar-refractivity contribution in [3.63, 3.8) is 0 Å². The van der Waals surface area contributed by atoms with Gasteiger partial charge < -0.3 is 10.4 Å². The first-order valence-electron chi connectivity index (χ1n) is 9.17. The molecule has 2 amide bonds. The van der Waals surface area contributed by atoms with Gasteiger partial charge in [-0.25, -0.2) is 14.8 Å². The SMILES string of the molecule is O=C(Cc1ccccc1)N[C@@H]1C(=O)N2C(C(=O)O)=C(CSc3ncccn3)CS[C@H]12. The van der Waals surface area contributed by atoms with Gasteiger partial charge in [-0.3, -0.25) is 14.5 Å². The molecule has 8 nitrogen and oxygen atoms in total. The maximum absolute atomic E-state index is 12.7. The van der Waals surface area contributed by atoms with Gasteiger partial charge in [-0.15, -0.1) is 11.8 Å². The van der Waals surface area contributed by atoms with Gasteiger partial charge in [-0.2, -0.15) is 0 Å². The van der Waals surface area contributed by atoms with Crippen LogP contribution >= 0.6 is 23.5 Å². The topological polar surface area (TPSA) is 112 Å². The van der Waals surface area contributed by atoms with E-state index in [1.165, 1.54) is 28.4 Å². The highest BCUT2D eigenvalue weighted by molar-refractivity contribution is 8.01. The van der Waals surface area contributed by atoms with Crippen molar-refractivity contribution in [3.05, 3.63) is 65.6 Å². The van der Waals surface area contributed by atoms with Crippen molar-refractivity contribution >= 4 is 41.3 Å². The Morgan fingerprint density at radius 3 is 2.63 bits per heavy atom. The molecule has 0 radical (unpaired) electrons. The molecule has 0 saturated carbocycles.